The number of cyclic esters (lactones) is 1. The zero-order valence-corrected chi connectivity index (χ0v) is 11.7. The van der Waals surface area contributed by atoms with E-state index in [1.165, 1.54) is 17.0 Å². The summed E-state index contributed by atoms with van der Waals surface area (Å²) < 4.78 is 23.4. The molecule has 1 aromatic carbocycles. The van der Waals surface area contributed by atoms with Gasteiger partial charge >= 0.3 is 6.09 Å². The number of nitrogens with one attached hydrogen (secondary N) is 1. The zero-order valence-electron chi connectivity index (χ0n) is 11.7. The van der Waals surface area contributed by atoms with Gasteiger partial charge in [0.1, 0.15) is 6.10 Å². The van der Waals surface area contributed by atoms with E-state index in [0.29, 0.717) is 19.5 Å². The van der Waals surface area contributed by atoms with Gasteiger partial charge in [0.2, 0.25) is 0 Å². The summed E-state index contributed by atoms with van der Waals surface area (Å²) in [4.78, 5) is 24.2. The number of hydrogen-bond acceptors (Lipinski definition) is 4. The summed E-state index contributed by atoms with van der Waals surface area (Å²) in [6, 6.07) is 5.89. The van der Waals surface area contributed by atoms with Crippen molar-refractivity contribution in [3.05, 3.63) is 30.1 Å². The molecule has 1 heterocycles. The van der Waals surface area contributed by atoms with E-state index in [1.54, 1.807) is 19.2 Å². The summed E-state index contributed by atoms with van der Waals surface area (Å²) in [6.45, 7) is 0.622. The van der Waals surface area contributed by atoms with Crippen molar-refractivity contribution in [2.45, 2.75) is 12.5 Å². The first-order valence-corrected chi connectivity index (χ1v) is 6.62. The maximum atomic E-state index is 13.3. The average molecular weight is 296 g/mol. The molecular weight excluding hydrogens is 279 g/mol. The second-order valence-electron chi connectivity index (χ2n) is 4.74. The molecule has 1 N–H and O–H groups in total. The Balaban J connectivity index is 1.64. The highest BCUT2D eigenvalue weighted by Gasteiger charge is 2.27. The Kier molecular flexibility index (Phi) is 4.97. The van der Waals surface area contributed by atoms with Gasteiger partial charge in [-0.2, -0.15) is 0 Å². The van der Waals surface area contributed by atoms with Crippen molar-refractivity contribution in [2.24, 2.45) is 0 Å². The maximum Gasteiger partial charge on any atom is 0.409 e. The lowest BCUT2D eigenvalue weighted by molar-refractivity contribution is -0.123. The number of amides is 2. The van der Waals surface area contributed by atoms with Crippen LogP contribution < -0.4 is 10.1 Å². The molecule has 0 aromatic heterocycles. The number of hydrogen-bond donors (Lipinski definition) is 1. The van der Waals surface area contributed by atoms with Gasteiger partial charge in [0.05, 0.1) is 6.54 Å². The first kappa shape index (κ1) is 15.1. The number of para-hydroxylation sites is 1. The molecule has 0 aliphatic carbocycles. The largest absolute Gasteiger partial charge is 0.481 e. The summed E-state index contributed by atoms with van der Waals surface area (Å²) in [5.74, 6) is -0.818. The van der Waals surface area contributed by atoms with Crippen LogP contribution in [0, 0.1) is 5.82 Å². The summed E-state index contributed by atoms with van der Waals surface area (Å²) in [5.41, 5.74) is 0. The van der Waals surface area contributed by atoms with Crippen LogP contribution in [0.4, 0.5) is 9.18 Å². The number of rotatable bonds is 6. The van der Waals surface area contributed by atoms with Crippen molar-refractivity contribution in [3.8, 4) is 5.75 Å². The predicted molar refractivity (Wildman–Crippen MR) is 72.4 cm³/mol. The number of benzene rings is 1. The van der Waals surface area contributed by atoms with Gasteiger partial charge in [0, 0.05) is 20.0 Å². The normalized spacial score (nSPS) is 17.5. The van der Waals surface area contributed by atoms with Crippen molar-refractivity contribution in [2.75, 3.05) is 26.7 Å². The van der Waals surface area contributed by atoms with Crippen LogP contribution in [-0.4, -0.2) is 49.7 Å². The van der Waals surface area contributed by atoms with Gasteiger partial charge in [-0.3, -0.25) is 4.79 Å². The minimum absolute atomic E-state index is 0.0407. The van der Waals surface area contributed by atoms with E-state index in [9.17, 15) is 14.0 Å². The van der Waals surface area contributed by atoms with E-state index < -0.39 is 5.82 Å². The Morgan fingerprint density at radius 2 is 2.29 bits per heavy atom. The van der Waals surface area contributed by atoms with Crippen LogP contribution in [0.2, 0.25) is 0 Å². The molecule has 114 valence electrons. The van der Waals surface area contributed by atoms with Crippen molar-refractivity contribution in [1.82, 2.24) is 10.2 Å². The third kappa shape index (κ3) is 4.34. The molecular formula is C14H17FN2O4. The minimum atomic E-state index is -0.508. The highest BCUT2D eigenvalue weighted by Crippen LogP contribution is 2.15. The van der Waals surface area contributed by atoms with E-state index in [2.05, 4.69) is 5.32 Å². The highest BCUT2D eigenvalue weighted by molar-refractivity contribution is 5.77. The SMILES string of the molecule is CN1CC(CCNC(=O)COc2ccccc2F)OC1=O. The van der Waals surface area contributed by atoms with Crippen LogP contribution >= 0.6 is 0 Å². The van der Waals surface area contributed by atoms with Crippen LogP contribution in [0.15, 0.2) is 24.3 Å². The van der Waals surface area contributed by atoms with E-state index in [0.717, 1.165) is 0 Å². The van der Waals surface area contributed by atoms with Crippen LogP contribution in [0.1, 0.15) is 6.42 Å². The predicted octanol–water partition coefficient (Wildman–Crippen LogP) is 1.16. The number of halogens is 1. The van der Waals surface area contributed by atoms with E-state index in [4.69, 9.17) is 9.47 Å². The van der Waals surface area contributed by atoms with E-state index in [-0.39, 0.29) is 30.5 Å². The van der Waals surface area contributed by atoms with E-state index >= 15 is 0 Å². The quantitative estimate of drug-likeness (QED) is 0.855. The number of likely N-dealkylation sites (N-methyl/N-ethyl adjacent to an activating group) is 1. The third-order valence-corrected chi connectivity index (χ3v) is 3.04. The molecule has 1 aliphatic rings. The second kappa shape index (κ2) is 6.92. The summed E-state index contributed by atoms with van der Waals surface area (Å²) >= 11 is 0. The number of carbonyl (C=O) groups excluding carboxylic acids is 2. The average Bonchev–Trinajstić information content (AvgIpc) is 2.77. The van der Waals surface area contributed by atoms with E-state index in [1.807, 2.05) is 0 Å². The summed E-state index contributed by atoms with van der Waals surface area (Å²) in [5, 5.41) is 2.63. The topological polar surface area (TPSA) is 67.9 Å². The standard InChI is InChI=1S/C14H17FN2O4/c1-17-8-10(21-14(17)19)6-7-16-13(18)9-20-12-5-3-2-4-11(12)15/h2-5,10H,6-9H2,1H3,(H,16,18). The summed E-state index contributed by atoms with van der Waals surface area (Å²) in [6.07, 6.45) is -0.0360. The number of carbonyl (C=O) groups is 2. The molecule has 0 spiro atoms. The van der Waals surface area contributed by atoms with Gasteiger partial charge in [-0.05, 0) is 12.1 Å². The van der Waals surface area contributed by atoms with Gasteiger partial charge in [-0.15, -0.1) is 0 Å². The molecule has 7 heteroatoms. The fourth-order valence-electron chi connectivity index (χ4n) is 1.93. The third-order valence-electron chi connectivity index (χ3n) is 3.04. The molecule has 1 saturated heterocycles. The maximum absolute atomic E-state index is 13.3. The molecule has 0 bridgehead atoms. The Hall–Kier alpha value is -2.31. The molecule has 0 saturated carbocycles. The Morgan fingerprint density at radius 3 is 2.95 bits per heavy atom. The van der Waals surface area contributed by atoms with Crippen LogP contribution in [0.3, 0.4) is 0 Å². The molecule has 2 amide bonds. The molecule has 6 nitrogen and oxygen atoms in total. The molecule has 1 fully saturated rings. The minimum Gasteiger partial charge on any atom is -0.481 e. The second-order valence-corrected chi connectivity index (χ2v) is 4.74. The van der Waals surface area contributed by atoms with Crippen molar-refractivity contribution < 1.29 is 23.5 Å². The number of nitrogens with zero attached hydrogens (tertiary/aromatic N) is 1. The van der Waals surface area contributed by atoms with Gasteiger partial charge < -0.3 is 19.7 Å². The van der Waals surface area contributed by atoms with Crippen LogP contribution in [0.25, 0.3) is 0 Å². The Morgan fingerprint density at radius 1 is 1.52 bits per heavy atom. The monoisotopic (exact) mass is 296 g/mol. The Labute approximate surface area is 121 Å². The molecule has 1 aliphatic heterocycles. The zero-order chi connectivity index (χ0) is 15.2. The fourth-order valence-corrected chi connectivity index (χ4v) is 1.93. The van der Waals surface area contributed by atoms with Crippen LogP contribution in [0.5, 0.6) is 5.75 Å². The molecule has 21 heavy (non-hydrogen) atoms. The van der Waals surface area contributed by atoms with Gasteiger partial charge in [-0.25, -0.2) is 9.18 Å². The molecule has 1 aromatic rings. The van der Waals surface area contributed by atoms with Crippen LogP contribution in [-0.2, 0) is 9.53 Å². The number of ether oxygens (including phenoxy) is 2. The lowest BCUT2D eigenvalue weighted by atomic mass is 10.2. The lowest BCUT2D eigenvalue weighted by Crippen LogP contribution is -2.32. The van der Waals surface area contributed by atoms with Gasteiger partial charge in [0.15, 0.2) is 18.2 Å². The Bertz CT molecular complexity index is 523. The highest BCUT2D eigenvalue weighted by atomic mass is 19.1. The molecule has 1 unspecified atom stereocenters. The molecule has 2 rings (SSSR count). The van der Waals surface area contributed by atoms with Gasteiger partial charge in [0.25, 0.3) is 5.91 Å². The molecule has 1 atom stereocenters. The first-order valence-electron chi connectivity index (χ1n) is 6.62. The lowest BCUT2D eigenvalue weighted by Gasteiger charge is -2.10. The van der Waals surface area contributed by atoms with Gasteiger partial charge in [-0.1, -0.05) is 12.1 Å². The smallest absolute Gasteiger partial charge is 0.409 e. The van der Waals surface area contributed by atoms with Crippen molar-refractivity contribution in [3.63, 3.8) is 0 Å². The molecule has 0 radical (unpaired) electrons. The fraction of sp³-hybridized carbons (Fsp3) is 0.429. The summed E-state index contributed by atoms with van der Waals surface area (Å²) in [7, 11) is 1.66. The van der Waals surface area contributed by atoms with Crippen molar-refractivity contribution >= 4 is 12.0 Å². The first-order chi connectivity index (χ1) is 10.1. The van der Waals surface area contributed by atoms with Crippen molar-refractivity contribution in [1.29, 1.82) is 0 Å².